The molecule has 0 saturated carbocycles. The van der Waals surface area contributed by atoms with Crippen molar-refractivity contribution < 1.29 is 29.6 Å². The molecule has 0 aliphatic heterocycles. The molecule has 2 aromatic carbocycles. The maximum atomic E-state index is 12.5. The van der Waals surface area contributed by atoms with E-state index in [4.69, 9.17) is 11.2 Å². The molecule has 0 fully saturated rings. The number of hydrogen-bond donors (Lipinski definition) is 3. The van der Waals surface area contributed by atoms with Crippen molar-refractivity contribution in [1.29, 1.82) is 0 Å². The maximum Gasteiger partial charge on any atom is 0.167 e. The van der Waals surface area contributed by atoms with Gasteiger partial charge in [0.15, 0.2) is 23.1 Å². The summed E-state index contributed by atoms with van der Waals surface area (Å²) in [6.45, 7) is -0.341. The van der Waals surface area contributed by atoms with E-state index in [9.17, 15) is 24.9 Å². The first-order chi connectivity index (χ1) is 14.4. The number of aliphatic hydroxyl groups is 1. The molecule has 154 valence electrons. The number of aromatic hydroxyl groups is 2. The third-order valence-corrected chi connectivity index (χ3v) is 4.37. The van der Waals surface area contributed by atoms with Crippen molar-refractivity contribution in [2.45, 2.75) is 13.0 Å². The van der Waals surface area contributed by atoms with Crippen molar-refractivity contribution in [1.82, 2.24) is 0 Å². The van der Waals surface area contributed by atoms with Gasteiger partial charge >= 0.3 is 0 Å². The number of phenols is 2. The van der Waals surface area contributed by atoms with Crippen molar-refractivity contribution in [3.05, 3.63) is 65.2 Å². The first-order valence-corrected chi connectivity index (χ1v) is 9.06. The summed E-state index contributed by atoms with van der Waals surface area (Å²) in [6.07, 6.45) is 10.8. The maximum absolute atomic E-state index is 12.5. The monoisotopic (exact) mass is 406 g/mol. The predicted molar refractivity (Wildman–Crippen MR) is 114 cm³/mol. The second-order valence-corrected chi connectivity index (χ2v) is 6.41. The number of carbonyl (C=O) groups is 2. The number of hydrogen-bond acceptors (Lipinski definition) is 6. The molecule has 0 bridgehead atoms. The van der Waals surface area contributed by atoms with Crippen LogP contribution in [0, 0.1) is 18.3 Å². The van der Waals surface area contributed by atoms with Crippen LogP contribution in [-0.4, -0.2) is 34.0 Å². The standard InChI is InChI=1S/C24H22O6/c1-3-4-19(21(27)10-6-16-5-9-20(26)18(13-16)15-25)22(28)11-7-17-8-12-23(29)24(14-17)30-2/h1,5-14,19,25-26,29H,4,15H2,2H3/b10-6+,11-7+. The fourth-order valence-electron chi connectivity index (χ4n) is 2.68. The normalized spacial score (nSPS) is 12.0. The Balaban J connectivity index is 2.16. The van der Waals surface area contributed by atoms with E-state index < -0.39 is 17.5 Å². The Labute approximate surface area is 174 Å². The molecule has 0 amide bonds. The lowest BCUT2D eigenvalue weighted by Crippen LogP contribution is -2.20. The average molecular weight is 406 g/mol. The number of aliphatic hydroxyl groups excluding tert-OH is 1. The average Bonchev–Trinajstić information content (AvgIpc) is 2.75. The van der Waals surface area contributed by atoms with Gasteiger partial charge in [-0.05, 0) is 47.5 Å². The molecule has 3 N–H and O–H groups in total. The van der Waals surface area contributed by atoms with Gasteiger partial charge in [-0.2, -0.15) is 0 Å². The highest BCUT2D eigenvalue weighted by molar-refractivity contribution is 6.13. The number of carbonyl (C=O) groups excluding carboxylic acids is 2. The lowest BCUT2D eigenvalue weighted by Gasteiger charge is -2.07. The summed E-state index contributed by atoms with van der Waals surface area (Å²) >= 11 is 0. The topological polar surface area (TPSA) is 104 Å². The molecule has 2 rings (SSSR count). The zero-order valence-electron chi connectivity index (χ0n) is 16.4. The van der Waals surface area contributed by atoms with Crippen LogP contribution < -0.4 is 4.74 Å². The van der Waals surface area contributed by atoms with Gasteiger partial charge in [-0.15, -0.1) is 12.3 Å². The summed E-state index contributed by atoms with van der Waals surface area (Å²) in [4.78, 5) is 25.1. The molecule has 0 spiro atoms. The summed E-state index contributed by atoms with van der Waals surface area (Å²) in [5.41, 5.74) is 1.53. The Kier molecular flexibility index (Phi) is 7.98. The van der Waals surface area contributed by atoms with Crippen LogP contribution in [0.2, 0.25) is 0 Å². The van der Waals surface area contributed by atoms with Crippen LogP contribution >= 0.6 is 0 Å². The predicted octanol–water partition coefficient (Wildman–Crippen LogP) is 3.10. The molecule has 6 heteroatoms. The number of phenolic OH excluding ortho intramolecular Hbond substituents is 1. The van der Waals surface area contributed by atoms with Crippen molar-refractivity contribution in [2.75, 3.05) is 7.11 Å². The molecular formula is C24H22O6. The smallest absolute Gasteiger partial charge is 0.167 e. The van der Waals surface area contributed by atoms with Crippen LogP contribution in [0.15, 0.2) is 48.6 Å². The number of benzene rings is 2. The minimum absolute atomic E-state index is 0.0231. The van der Waals surface area contributed by atoms with Gasteiger partial charge in [0.25, 0.3) is 0 Å². The molecular weight excluding hydrogens is 384 g/mol. The fraction of sp³-hybridized carbons (Fsp3) is 0.167. The highest BCUT2D eigenvalue weighted by Gasteiger charge is 2.21. The van der Waals surface area contributed by atoms with Crippen LogP contribution in [0.3, 0.4) is 0 Å². The summed E-state index contributed by atoms with van der Waals surface area (Å²) in [7, 11) is 1.42. The van der Waals surface area contributed by atoms with Crippen LogP contribution in [0.1, 0.15) is 23.1 Å². The molecule has 1 unspecified atom stereocenters. The number of ether oxygens (including phenoxy) is 1. The van der Waals surface area contributed by atoms with E-state index in [0.717, 1.165) is 0 Å². The molecule has 2 aromatic rings. The van der Waals surface area contributed by atoms with E-state index in [1.807, 2.05) is 0 Å². The number of allylic oxidation sites excluding steroid dienone is 2. The van der Waals surface area contributed by atoms with Crippen LogP contribution in [-0.2, 0) is 16.2 Å². The van der Waals surface area contributed by atoms with Crippen molar-refractivity contribution in [3.63, 3.8) is 0 Å². The number of methoxy groups -OCH3 is 1. The van der Waals surface area contributed by atoms with Gasteiger partial charge in [-0.3, -0.25) is 9.59 Å². The highest BCUT2D eigenvalue weighted by atomic mass is 16.5. The summed E-state index contributed by atoms with van der Waals surface area (Å²) < 4.78 is 5.02. The summed E-state index contributed by atoms with van der Waals surface area (Å²) in [6, 6.07) is 9.12. The van der Waals surface area contributed by atoms with E-state index >= 15 is 0 Å². The van der Waals surface area contributed by atoms with Crippen molar-refractivity contribution in [2.24, 2.45) is 5.92 Å². The summed E-state index contributed by atoms with van der Waals surface area (Å²) in [5, 5.41) is 28.4. The van der Waals surface area contributed by atoms with E-state index in [2.05, 4.69) is 5.92 Å². The van der Waals surface area contributed by atoms with Crippen molar-refractivity contribution >= 4 is 23.7 Å². The Bertz CT molecular complexity index is 951. The Morgan fingerprint density at radius 2 is 1.60 bits per heavy atom. The Hall–Kier alpha value is -3.82. The Morgan fingerprint density at radius 3 is 2.13 bits per heavy atom. The SMILES string of the molecule is C#CCC(C(=O)/C=C/c1ccc(O)c(CO)c1)C(=O)/C=C/c1ccc(O)c(OC)c1. The van der Waals surface area contributed by atoms with Gasteiger partial charge in [0.1, 0.15) is 5.75 Å². The third kappa shape index (κ3) is 5.84. The van der Waals surface area contributed by atoms with Gasteiger partial charge in [-0.25, -0.2) is 0 Å². The molecule has 0 radical (unpaired) electrons. The first kappa shape index (κ1) is 22.5. The van der Waals surface area contributed by atoms with Gasteiger partial charge in [0, 0.05) is 12.0 Å². The quantitative estimate of drug-likeness (QED) is 0.336. The van der Waals surface area contributed by atoms with Gasteiger partial charge in [-0.1, -0.05) is 24.3 Å². The van der Waals surface area contributed by atoms with E-state index in [1.165, 1.54) is 49.6 Å². The molecule has 30 heavy (non-hydrogen) atoms. The fourth-order valence-corrected chi connectivity index (χ4v) is 2.68. The molecule has 1 atom stereocenters. The zero-order valence-corrected chi connectivity index (χ0v) is 16.4. The second-order valence-electron chi connectivity index (χ2n) is 6.41. The minimum Gasteiger partial charge on any atom is -0.508 e. The van der Waals surface area contributed by atoms with Gasteiger partial charge in [0.2, 0.25) is 0 Å². The van der Waals surface area contributed by atoms with E-state index in [0.29, 0.717) is 16.7 Å². The minimum atomic E-state index is -1.03. The molecule has 0 heterocycles. The molecule has 6 nitrogen and oxygen atoms in total. The summed E-state index contributed by atoms with van der Waals surface area (Å²) in [5.74, 6) is 0.612. The van der Waals surface area contributed by atoms with Gasteiger partial charge < -0.3 is 20.1 Å². The molecule has 0 saturated heterocycles. The molecule has 0 aliphatic carbocycles. The van der Waals surface area contributed by atoms with Crippen molar-refractivity contribution in [3.8, 4) is 29.6 Å². The number of ketones is 2. The lowest BCUT2D eigenvalue weighted by atomic mass is 9.94. The number of terminal acetylenes is 1. The third-order valence-electron chi connectivity index (χ3n) is 4.37. The molecule has 0 aliphatic rings. The van der Waals surface area contributed by atoms with Crippen LogP contribution in [0.4, 0.5) is 0 Å². The first-order valence-electron chi connectivity index (χ1n) is 9.06. The zero-order chi connectivity index (χ0) is 22.1. The van der Waals surface area contributed by atoms with Gasteiger partial charge in [0.05, 0.1) is 19.6 Å². The van der Waals surface area contributed by atoms with Crippen LogP contribution in [0.25, 0.3) is 12.2 Å². The largest absolute Gasteiger partial charge is 0.508 e. The Morgan fingerprint density at radius 1 is 1.03 bits per heavy atom. The van der Waals surface area contributed by atoms with Crippen LogP contribution in [0.5, 0.6) is 17.2 Å². The molecule has 0 aromatic heterocycles. The lowest BCUT2D eigenvalue weighted by molar-refractivity contribution is -0.127. The number of rotatable bonds is 9. The second kappa shape index (κ2) is 10.6. The van der Waals surface area contributed by atoms with E-state index in [1.54, 1.807) is 18.2 Å². The van der Waals surface area contributed by atoms with E-state index in [-0.39, 0.29) is 30.3 Å². The highest BCUT2D eigenvalue weighted by Crippen LogP contribution is 2.27.